The van der Waals surface area contributed by atoms with Crippen molar-refractivity contribution < 1.29 is 14.3 Å². The van der Waals surface area contributed by atoms with Gasteiger partial charge in [-0.25, -0.2) is 4.98 Å². The van der Waals surface area contributed by atoms with E-state index in [0.717, 1.165) is 23.6 Å². The van der Waals surface area contributed by atoms with Crippen molar-refractivity contribution >= 4 is 5.97 Å². The first-order valence-electron chi connectivity index (χ1n) is 5.87. The number of benzene rings is 1. The SMILES string of the molecule is CCC(=O)[O-].CCc1nc(-c2ccccc2)co1. The predicted molar refractivity (Wildman–Crippen MR) is 66.6 cm³/mol. The van der Waals surface area contributed by atoms with Crippen LogP contribution in [0.4, 0.5) is 0 Å². The summed E-state index contributed by atoms with van der Waals surface area (Å²) in [4.78, 5) is 13.6. The Kier molecular flexibility index (Phi) is 5.64. The molecular formula is C14H16NO3-. The number of carboxylic acid groups (broad SMARTS) is 1. The summed E-state index contributed by atoms with van der Waals surface area (Å²) in [5.74, 6) is -0.205. The Balaban J connectivity index is 0.000000280. The molecule has 0 saturated carbocycles. The second-order valence-electron chi connectivity index (χ2n) is 3.57. The van der Waals surface area contributed by atoms with Crippen LogP contribution in [0.2, 0.25) is 0 Å². The van der Waals surface area contributed by atoms with Gasteiger partial charge in [-0.3, -0.25) is 0 Å². The molecule has 1 aromatic carbocycles. The molecule has 0 N–H and O–H groups in total. The summed E-state index contributed by atoms with van der Waals surface area (Å²) < 4.78 is 5.26. The number of hydrogen-bond donors (Lipinski definition) is 0. The van der Waals surface area contributed by atoms with Crippen LogP contribution in [0.15, 0.2) is 41.0 Å². The van der Waals surface area contributed by atoms with Gasteiger partial charge in [0.15, 0.2) is 5.89 Å². The number of carbonyl (C=O) groups is 1. The minimum absolute atomic E-state index is 0.111. The second-order valence-corrected chi connectivity index (χ2v) is 3.57. The summed E-state index contributed by atoms with van der Waals surface area (Å²) in [6, 6.07) is 10.0. The van der Waals surface area contributed by atoms with E-state index >= 15 is 0 Å². The predicted octanol–water partition coefficient (Wildman–Crippen LogP) is 2.05. The van der Waals surface area contributed by atoms with Crippen LogP contribution in [-0.4, -0.2) is 11.0 Å². The first-order valence-corrected chi connectivity index (χ1v) is 5.87. The molecule has 0 aliphatic heterocycles. The summed E-state index contributed by atoms with van der Waals surface area (Å²) in [6.07, 6.45) is 2.65. The van der Waals surface area contributed by atoms with Crippen molar-refractivity contribution in [2.75, 3.05) is 0 Å². The van der Waals surface area contributed by atoms with Crippen LogP contribution >= 0.6 is 0 Å². The molecule has 0 spiro atoms. The molecule has 0 saturated heterocycles. The molecule has 0 unspecified atom stereocenters. The molecule has 0 aliphatic rings. The minimum Gasteiger partial charge on any atom is -0.550 e. The summed E-state index contributed by atoms with van der Waals surface area (Å²) in [5, 5.41) is 9.26. The van der Waals surface area contributed by atoms with Gasteiger partial charge in [0.05, 0.1) is 0 Å². The zero-order valence-corrected chi connectivity index (χ0v) is 10.6. The first-order chi connectivity index (χ1) is 8.67. The fraction of sp³-hybridized carbons (Fsp3) is 0.286. The number of carboxylic acids is 1. The highest BCUT2D eigenvalue weighted by molar-refractivity contribution is 5.63. The Labute approximate surface area is 106 Å². The number of nitrogens with zero attached hydrogens (tertiary/aromatic N) is 1. The Bertz CT molecular complexity index is 477. The van der Waals surface area contributed by atoms with E-state index in [-0.39, 0.29) is 6.42 Å². The molecule has 18 heavy (non-hydrogen) atoms. The average Bonchev–Trinajstić information content (AvgIpc) is 2.89. The highest BCUT2D eigenvalue weighted by atomic mass is 16.4. The van der Waals surface area contributed by atoms with Crippen molar-refractivity contribution in [1.82, 2.24) is 4.98 Å². The molecule has 1 aromatic heterocycles. The van der Waals surface area contributed by atoms with Gasteiger partial charge < -0.3 is 14.3 Å². The molecule has 1 heterocycles. The van der Waals surface area contributed by atoms with Crippen LogP contribution in [0.5, 0.6) is 0 Å². The van der Waals surface area contributed by atoms with Crippen LogP contribution in [0.25, 0.3) is 11.3 Å². The van der Waals surface area contributed by atoms with E-state index in [1.54, 1.807) is 6.26 Å². The van der Waals surface area contributed by atoms with Crippen LogP contribution < -0.4 is 5.11 Å². The number of aliphatic carboxylic acids is 1. The van der Waals surface area contributed by atoms with E-state index in [1.807, 2.05) is 37.3 Å². The third kappa shape index (κ3) is 4.41. The molecule has 0 bridgehead atoms. The van der Waals surface area contributed by atoms with Crippen molar-refractivity contribution in [3.63, 3.8) is 0 Å². The monoisotopic (exact) mass is 246 g/mol. The Morgan fingerprint density at radius 3 is 2.33 bits per heavy atom. The minimum atomic E-state index is -0.995. The highest BCUT2D eigenvalue weighted by Gasteiger charge is 2.02. The van der Waals surface area contributed by atoms with Crippen molar-refractivity contribution in [2.45, 2.75) is 26.7 Å². The molecular weight excluding hydrogens is 230 g/mol. The zero-order chi connectivity index (χ0) is 13.4. The van der Waals surface area contributed by atoms with E-state index in [1.165, 1.54) is 6.92 Å². The van der Waals surface area contributed by atoms with Crippen molar-refractivity contribution in [3.8, 4) is 11.3 Å². The lowest BCUT2D eigenvalue weighted by Crippen LogP contribution is -2.19. The largest absolute Gasteiger partial charge is 0.550 e. The Morgan fingerprint density at radius 2 is 1.89 bits per heavy atom. The maximum absolute atomic E-state index is 9.26. The Hall–Kier alpha value is -2.10. The van der Waals surface area contributed by atoms with Gasteiger partial charge in [0.2, 0.25) is 0 Å². The molecule has 0 aliphatic carbocycles. The zero-order valence-electron chi connectivity index (χ0n) is 10.6. The lowest BCUT2D eigenvalue weighted by molar-refractivity contribution is -0.305. The lowest BCUT2D eigenvalue weighted by atomic mass is 10.2. The number of aromatic nitrogens is 1. The molecule has 4 heteroatoms. The van der Waals surface area contributed by atoms with E-state index in [4.69, 9.17) is 4.42 Å². The van der Waals surface area contributed by atoms with Crippen LogP contribution in [-0.2, 0) is 11.2 Å². The first kappa shape index (κ1) is 14.0. The number of aryl methyl sites for hydroxylation is 1. The third-order valence-corrected chi connectivity index (χ3v) is 2.21. The van der Waals surface area contributed by atoms with Crippen LogP contribution in [0, 0.1) is 0 Å². The van der Waals surface area contributed by atoms with Crippen molar-refractivity contribution in [1.29, 1.82) is 0 Å². The van der Waals surface area contributed by atoms with Gasteiger partial charge >= 0.3 is 0 Å². The molecule has 4 nitrogen and oxygen atoms in total. The van der Waals surface area contributed by atoms with E-state index in [0.29, 0.717) is 0 Å². The number of rotatable bonds is 3. The van der Waals surface area contributed by atoms with Gasteiger partial charge in [0.25, 0.3) is 0 Å². The van der Waals surface area contributed by atoms with Crippen molar-refractivity contribution in [3.05, 3.63) is 42.5 Å². The van der Waals surface area contributed by atoms with Gasteiger partial charge in [-0.15, -0.1) is 0 Å². The number of carbonyl (C=O) groups excluding carboxylic acids is 1. The highest BCUT2D eigenvalue weighted by Crippen LogP contribution is 2.17. The molecule has 2 aromatic rings. The normalized spacial score (nSPS) is 9.44. The molecule has 96 valence electrons. The van der Waals surface area contributed by atoms with Gasteiger partial charge in [-0.05, 0) is 6.42 Å². The van der Waals surface area contributed by atoms with Gasteiger partial charge in [-0.1, -0.05) is 44.2 Å². The van der Waals surface area contributed by atoms with E-state index in [9.17, 15) is 9.90 Å². The number of hydrogen-bond acceptors (Lipinski definition) is 4. The lowest BCUT2D eigenvalue weighted by Gasteiger charge is -1.91. The number of oxazole rings is 1. The summed E-state index contributed by atoms with van der Waals surface area (Å²) in [5.41, 5.74) is 2.02. The van der Waals surface area contributed by atoms with Gasteiger partial charge in [-0.2, -0.15) is 0 Å². The maximum Gasteiger partial charge on any atom is 0.194 e. The van der Waals surface area contributed by atoms with Crippen LogP contribution in [0.1, 0.15) is 26.2 Å². The standard InChI is InChI=1S/C11H11NO.C3H6O2/c1-2-11-12-10(8-13-11)9-6-4-3-5-7-9;1-2-3(4)5/h3-8H,2H2,1H3;2H2,1H3,(H,4,5)/p-1. The second kappa shape index (κ2) is 7.27. The fourth-order valence-corrected chi connectivity index (χ4v) is 1.21. The van der Waals surface area contributed by atoms with Crippen molar-refractivity contribution in [2.24, 2.45) is 0 Å². The summed E-state index contributed by atoms with van der Waals surface area (Å²) in [6.45, 7) is 3.57. The topological polar surface area (TPSA) is 66.2 Å². The maximum atomic E-state index is 9.26. The van der Waals surface area contributed by atoms with E-state index < -0.39 is 5.97 Å². The quantitative estimate of drug-likeness (QED) is 0.831. The molecule has 2 rings (SSSR count). The summed E-state index contributed by atoms with van der Waals surface area (Å²) >= 11 is 0. The van der Waals surface area contributed by atoms with Gasteiger partial charge in [0, 0.05) is 18.0 Å². The average molecular weight is 246 g/mol. The molecule has 0 atom stereocenters. The Morgan fingerprint density at radius 1 is 1.28 bits per heavy atom. The summed E-state index contributed by atoms with van der Waals surface area (Å²) in [7, 11) is 0. The smallest absolute Gasteiger partial charge is 0.194 e. The van der Waals surface area contributed by atoms with Crippen LogP contribution in [0.3, 0.4) is 0 Å². The van der Waals surface area contributed by atoms with E-state index in [2.05, 4.69) is 4.98 Å². The molecule has 0 radical (unpaired) electrons. The molecule has 0 fully saturated rings. The third-order valence-electron chi connectivity index (χ3n) is 2.21. The van der Waals surface area contributed by atoms with Gasteiger partial charge in [0.1, 0.15) is 12.0 Å². The molecule has 0 amide bonds. The fourth-order valence-electron chi connectivity index (χ4n) is 1.21.